The number of carbonyl (C=O) groups excluding carboxylic acids is 1. The number of halogens is 1. The Morgan fingerprint density at radius 2 is 1.73 bits per heavy atom. The minimum absolute atomic E-state index is 0.0463. The van der Waals surface area contributed by atoms with Crippen LogP contribution in [0.2, 0.25) is 5.02 Å². The number of thiophene rings is 1. The predicted molar refractivity (Wildman–Crippen MR) is 118 cm³/mol. The zero-order chi connectivity index (χ0) is 21.5. The topological polar surface area (TPSA) is 75.5 Å². The van der Waals surface area contributed by atoms with Gasteiger partial charge in [-0.05, 0) is 55.6 Å². The van der Waals surface area contributed by atoms with E-state index < -0.39 is 15.9 Å². The number of piperazine rings is 1. The molecule has 1 aliphatic rings. The molecule has 4 rings (SSSR count). The molecule has 30 heavy (non-hydrogen) atoms. The van der Waals surface area contributed by atoms with E-state index in [4.69, 9.17) is 11.6 Å². The molecule has 1 aliphatic heterocycles. The Morgan fingerprint density at radius 3 is 2.33 bits per heavy atom. The maximum absolute atomic E-state index is 13.3. The van der Waals surface area contributed by atoms with Crippen molar-refractivity contribution in [2.75, 3.05) is 31.1 Å². The summed E-state index contributed by atoms with van der Waals surface area (Å²) in [7, 11) is -3.79. The number of hydrogen-bond donors (Lipinski definition) is 0. The van der Waals surface area contributed by atoms with Crippen molar-refractivity contribution in [1.29, 1.82) is 0 Å². The zero-order valence-corrected chi connectivity index (χ0v) is 19.0. The minimum atomic E-state index is -3.79. The van der Waals surface area contributed by atoms with Crippen molar-refractivity contribution in [3.05, 3.63) is 63.1 Å². The molecule has 10 heteroatoms. The van der Waals surface area contributed by atoms with Crippen LogP contribution in [0.3, 0.4) is 0 Å². The molecule has 0 spiro atoms. The van der Waals surface area contributed by atoms with Gasteiger partial charge in [-0.15, -0.1) is 11.3 Å². The van der Waals surface area contributed by atoms with Gasteiger partial charge in [0, 0.05) is 42.6 Å². The van der Waals surface area contributed by atoms with E-state index in [0.717, 1.165) is 17.0 Å². The van der Waals surface area contributed by atoms with Gasteiger partial charge >= 0.3 is 0 Å². The number of nitrogens with zero attached hydrogens (tertiary/aromatic N) is 4. The Morgan fingerprint density at radius 1 is 1.07 bits per heavy atom. The van der Waals surface area contributed by atoms with Crippen LogP contribution >= 0.6 is 22.9 Å². The normalized spacial score (nSPS) is 15.5. The Balaban J connectivity index is 1.54. The molecule has 1 aromatic carbocycles. The fourth-order valence-electron chi connectivity index (χ4n) is 3.56. The summed E-state index contributed by atoms with van der Waals surface area (Å²) in [6.45, 7) is 5.37. The molecule has 7 nitrogen and oxygen atoms in total. The number of hydrogen-bond acceptors (Lipinski definition) is 6. The molecule has 0 radical (unpaired) electrons. The highest BCUT2D eigenvalue weighted by atomic mass is 35.5. The van der Waals surface area contributed by atoms with Crippen molar-refractivity contribution >= 4 is 44.6 Å². The molecule has 0 atom stereocenters. The molecule has 3 aromatic rings. The van der Waals surface area contributed by atoms with Gasteiger partial charge in [0.05, 0.1) is 5.69 Å². The Bertz CT molecular complexity index is 1180. The molecule has 0 unspecified atom stereocenters. The van der Waals surface area contributed by atoms with Crippen molar-refractivity contribution in [3.8, 4) is 0 Å². The van der Waals surface area contributed by atoms with Crippen LogP contribution < -0.4 is 4.90 Å². The summed E-state index contributed by atoms with van der Waals surface area (Å²) in [5.74, 6) is -0.422. The van der Waals surface area contributed by atoms with E-state index in [2.05, 4.69) is 10.00 Å². The van der Waals surface area contributed by atoms with E-state index >= 15 is 0 Å². The van der Waals surface area contributed by atoms with Gasteiger partial charge in [0.2, 0.25) is 10.0 Å². The molecule has 0 aliphatic carbocycles. The van der Waals surface area contributed by atoms with Crippen molar-refractivity contribution in [2.45, 2.75) is 18.7 Å². The van der Waals surface area contributed by atoms with Crippen LogP contribution in [-0.4, -0.2) is 54.6 Å². The van der Waals surface area contributed by atoms with Crippen LogP contribution in [0, 0.1) is 13.8 Å². The number of aromatic nitrogens is 2. The highest BCUT2D eigenvalue weighted by Gasteiger charge is 2.33. The second-order valence-electron chi connectivity index (χ2n) is 7.13. The summed E-state index contributed by atoms with van der Waals surface area (Å²) in [5.41, 5.74) is 2.39. The van der Waals surface area contributed by atoms with Crippen LogP contribution in [0.5, 0.6) is 0 Å². The van der Waals surface area contributed by atoms with E-state index in [1.165, 1.54) is 15.1 Å². The van der Waals surface area contributed by atoms with Crippen LogP contribution in [0.1, 0.15) is 21.1 Å². The maximum atomic E-state index is 13.3. The molecule has 2 aromatic heterocycles. The highest BCUT2D eigenvalue weighted by molar-refractivity contribution is 7.89. The first kappa shape index (κ1) is 21.0. The standard InChI is InChI=1S/C20H21ClN4O3S2/c1-14-13-15(2)25(22-14)20(26)19-18(7-12-29-19)30(27,28)24-10-8-23(9-11-24)17-5-3-16(21)4-6-17/h3-7,12-13H,8-11H2,1-2H3. The lowest BCUT2D eigenvalue weighted by molar-refractivity contribution is 0.0943. The first-order valence-corrected chi connectivity index (χ1v) is 12.1. The highest BCUT2D eigenvalue weighted by Crippen LogP contribution is 2.28. The van der Waals surface area contributed by atoms with Gasteiger partial charge in [-0.25, -0.2) is 13.1 Å². The number of anilines is 1. The molecule has 0 saturated carbocycles. The minimum Gasteiger partial charge on any atom is -0.369 e. The van der Waals surface area contributed by atoms with E-state index in [-0.39, 0.29) is 9.77 Å². The molecule has 0 bridgehead atoms. The van der Waals surface area contributed by atoms with E-state index in [1.807, 2.05) is 24.3 Å². The number of carbonyl (C=O) groups is 1. The van der Waals surface area contributed by atoms with Crippen molar-refractivity contribution in [2.24, 2.45) is 0 Å². The number of aryl methyl sites for hydroxylation is 2. The first-order chi connectivity index (χ1) is 14.3. The molecule has 1 saturated heterocycles. The van der Waals surface area contributed by atoms with Crippen LogP contribution in [0.25, 0.3) is 0 Å². The fraction of sp³-hybridized carbons (Fsp3) is 0.300. The van der Waals surface area contributed by atoms with Crippen molar-refractivity contribution in [3.63, 3.8) is 0 Å². The van der Waals surface area contributed by atoms with E-state index in [1.54, 1.807) is 25.3 Å². The van der Waals surface area contributed by atoms with Gasteiger partial charge in [0.15, 0.2) is 0 Å². The van der Waals surface area contributed by atoms with Crippen molar-refractivity contribution < 1.29 is 13.2 Å². The molecule has 1 fully saturated rings. The van der Waals surface area contributed by atoms with Gasteiger partial charge in [-0.3, -0.25) is 4.79 Å². The smallest absolute Gasteiger partial charge is 0.289 e. The number of benzene rings is 1. The van der Waals surface area contributed by atoms with E-state index in [0.29, 0.717) is 42.6 Å². The second kappa shape index (κ2) is 8.14. The Hall–Kier alpha value is -2.20. The van der Waals surface area contributed by atoms with Crippen LogP contribution in [0.4, 0.5) is 5.69 Å². The lowest BCUT2D eigenvalue weighted by atomic mass is 10.2. The summed E-state index contributed by atoms with van der Waals surface area (Å²) >= 11 is 7.07. The third-order valence-electron chi connectivity index (χ3n) is 5.07. The fourth-order valence-corrected chi connectivity index (χ4v) is 6.43. The summed E-state index contributed by atoms with van der Waals surface area (Å²) in [6.07, 6.45) is 0. The molecule has 3 heterocycles. The molecule has 0 amide bonds. The average molecular weight is 465 g/mol. The average Bonchev–Trinajstić information content (AvgIpc) is 3.35. The summed E-state index contributed by atoms with van der Waals surface area (Å²) in [6, 6.07) is 10.8. The Labute approximate surface area is 184 Å². The zero-order valence-electron chi connectivity index (χ0n) is 16.6. The van der Waals surface area contributed by atoms with Gasteiger partial charge in [-0.1, -0.05) is 11.6 Å². The molecule has 0 N–H and O–H groups in total. The third kappa shape index (κ3) is 3.90. The number of sulfonamides is 1. The summed E-state index contributed by atoms with van der Waals surface area (Å²) in [5, 5.41) is 6.50. The lowest BCUT2D eigenvalue weighted by Gasteiger charge is -2.35. The second-order valence-corrected chi connectivity index (χ2v) is 10.4. The summed E-state index contributed by atoms with van der Waals surface area (Å²) < 4.78 is 29.3. The first-order valence-electron chi connectivity index (χ1n) is 9.43. The third-order valence-corrected chi connectivity index (χ3v) is 8.30. The van der Waals surface area contributed by atoms with Crippen LogP contribution in [-0.2, 0) is 10.0 Å². The van der Waals surface area contributed by atoms with E-state index in [9.17, 15) is 13.2 Å². The SMILES string of the molecule is Cc1cc(C)n(C(=O)c2sccc2S(=O)(=O)N2CCN(c3ccc(Cl)cc3)CC2)n1. The summed E-state index contributed by atoms with van der Waals surface area (Å²) in [4.78, 5) is 15.3. The molecule has 158 valence electrons. The quantitative estimate of drug-likeness (QED) is 0.591. The largest absolute Gasteiger partial charge is 0.369 e. The van der Waals surface area contributed by atoms with Gasteiger partial charge in [-0.2, -0.15) is 9.40 Å². The lowest BCUT2D eigenvalue weighted by Crippen LogP contribution is -2.48. The Kier molecular flexibility index (Phi) is 5.71. The molecular formula is C20H21ClN4O3S2. The van der Waals surface area contributed by atoms with Crippen LogP contribution in [0.15, 0.2) is 46.7 Å². The van der Waals surface area contributed by atoms with Gasteiger partial charge in [0.25, 0.3) is 5.91 Å². The van der Waals surface area contributed by atoms with Gasteiger partial charge in [0.1, 0.15) is 9.77 Å². The predicted octanol–water partition coefficient (Wildman–Crippen LogP) is 3.41. The van der Waals surface area contributed by atoms with Gasteiger partial charge < -0.3 is 4.90 Å². The monoisotopic (exact) mass is 464 g/mol. The maximum Gasteiger partial charge on any atom is 0.289 e. The molecular weight excluding hydrogens is 444 g/mol. The number of rotatable bonds is 4. The van der Waals surface area contributed by atoms with Crippen molar-refractivity contribution in [1.82, 2.24) is 14.1 Å².